The number of carbonyl (C=O) groups is 2. The Morgan fingerprint density at radius 1 is 1.17 bits per heavy atom. The maximum absolute atomic E-state index is 13.8. The lowest BCUT2D eigenvalue weighted by atomic mass is 9.98. The first kappa shape index (κ1) is 27.3. The van der Waals surface area contributed by atoms with Crippen molar-refractivity contribution in [1.82, 2.24) is 0 Å². The van der Waals surface area contributed by atoms with Gasteiger partial charge in [0.05, 0.1) is 11.3 Å². The van der Waals surface area contributed by atoms with E-state index >= 15 is 0 Å². The van der Waals surface area contributed by atoms with Crippen LogP contribution in [-0.4, -0.2) is 28.0 Å². The van der Waals surface area contributed by atoms with Gasteiger partial charge in [0.15, 0.2) is 6.10 Å². The number of amides is 1. The SMILES string of the molecule is C#CC(OC(=O)C1C(C(Cl)C(C)(Cl)C(F)(F)Cl)C1(C)C)c1cccc(N(C=O)c2ccccc2)c1. The van der Waals surface area contributed by atoms with Crippen LogP contribution in [0.3, 0.4) is 0 Å². The van der Waals surface area contributed by atoms with Gasteiger partial charge in [-0.3, -0.25) is 14.5 Å². The number of rotatable bonds is 9. The molecule has 2 aromatic carbocycles. The van der Waals surface area contributed by atoms with Gasteiger partial charge in [-0.15, -0.1) is 29.6 Å². The fourth-order valence-corrected chi connectivity index (χ4v) is 5.17. The second-order valence-electron chi connectivity index (χ2n) is 9.19. The molecule has 2 aromatic rings. The summed E-state index contributed by atoms with van der Waals surface area (Å²) in [6.45, 7) is 4.47. The van der Waals surface area contributed by atoms with Crippen LogP contribution in [-0.2, 0) is 14.3 Å². The van der Waals surface area contributed by atoms with E-state index in [1.54, 1.807) is 62.4 Å². The fourth-order valence-electron chi connectivity index (χ4n) is 4.25. The van der Waals surface area contributed by atoms with Crippen LogP contribution in [0.25, 0.3) is 0 Å². The molecule has 1 saturated carbocycles. The van der Waals surface area contributed by atoms with E-state index in [2.05, 4.69) is 5.92 Å². The van der Waals surface area contributed by atoms with Crippen molar-refractivity contribution in [2.75, 3.05) is 4.90 Å². The molecule has 5 unspecified atom stereocenters. The van der Waals surface area contributed by atoms with Crippen LogP contribution in [0.2, 0.25) is 0 Å². The van der Waals surface area contributed by atoms with E-state index in [1.807, 2.05) is 6.07 Å². The van der Waals surface area contributed by atoms with Gasteiger partial charge in [0.2, 0.25) is 6.41 Å². The number of para-hydroxylation sites is 1. The molecule has 9 heteroatoms. The first-order valence-corrected chi connectivity index (χ1v) is 11.9. The van der Waals surface area contributed by atoms with Crippen molar-refractivity contribution in [3.05, 3.63) is 60.2 Å². The van der Waals surface area contributed by atoms with Gasteiger partial charge in [0.25, 0.3) is 0 Å². The largest absolute Gasteiger partial charge is 0.444 e. The summed E-state index contributed by atoms with van der Waals surface area (Å²) in [7, 11) is 0. The molecule has 1 aliphatic carbocycles. The second kappa shape index (κ2) is 9.97. The Labute approximate surface area is 218 Å². The molecule has 5 atom stereocenters. The van der Waals surface area contributed by atoms with Crippen LogP contribution < -0.4 is 4.90 Å². The third-order valence-electron chi connectivity index (χ3n) is 6.53. The number of hydrogen-bond donors (Lipinski definition) is 0. The van der Waals surface area contributed by atoms with Crippen molar-refractivity contribution in [2.24, 2.45) is 17.3 Å². The molecule has 0 spiro atoms. The predicted octanol–water partition coefficient (Wildman–Crippen LogP) is 6.91. The molecule has 0 aliphatic heterocycles. The van der Waals surface area contributed by atoms with E-state index in [1.165, 1.54) is 4.90 Å². The molecular weight excluding hydrogens is 519 g/mol. The van der Waals surface area contributed by atoms with Gasteiger partial charge in [0, 0.05) is 16.9 Å². The van der Waals surface area contributed by atoms with Crippen LogP contribution in [0.5, 0.6) is 0 Å². The van der Waals surface area contributed by atoms with E-state index in [-0.39, 0.29) is 0 Å². The molecule has 0 heterocycles. The van der Waals surface area contributed by atoms with Crippen molar-refractivity contribution < 1.29 is 23.1 Å². The standard InChI is InChI=1S/C26H24Cl3F2NO3/c1-5-19(16-10-9-13-18(14-16)32(15-33)17-11-7-6-8-12-17)35-23(34)21-20(24(21,2)3)22(27)25(4,28)26(29,30)31/h1,6-15,19-22H,2-4H3. The van der Waals surface area contributed by atoms with Gasteiger partial charge >= 0.3 is 11.4 Å². The van der Waals surface area contributed by atoms with Crippen LogP contribution in [0.1, 0.15) is 32.4 Å². The van der Waals surface area contributed by atoms with E-state index in [4.69, 9.17) is 46.0 Å². The molecule has 0 N–H and O–H groups in total. The van der Waals surface area contributed by atoms with E-state index in [0.717, 1.165) is 6.92 Å². The molecule has 0 aromatic heterocycles. The zero-order chi connectivity index (χ0) is 26.2. The normalized spacial score (nSPS) is 22.1. The van der Waals surface area contributed by atoms with E-state index < -0.39 is 45.0 Å². The van der Waals surface area contributed by atoms with Gasteiger partial charge in [-0.05, 0) is 54.1 Å². The lowest BCUT2D eigenvalue weighted by Crippen LogP contribution is -2.45. The molecular formula is C26H24Cl3F2NO3. The van der Waals surface area contributed by atoms with Crippen LogP contribution in [0.15, 0.2) is 54.6 Å². The van der Waals surface area contributed by atoms with Crippen LogP contribution >= 0.6 is 34.8 Å². The number of benzene rings is 2. The molecule has 1 amide bonds. The molecule has 1 fully saturated rings. The van der Waals surface area contributed by atoms with Gasteiger partial charge in [-0.1, -0.05) is 50.1 Å². The highest BCUT2D eigenvalue weighted by molar-refractivity contribution is 6.38. The van der Waals surface area contributed by atoms with Crippen molar-refractivity contribution >= 4 is 58.6 Å². The highest BCUT2D eigenvalue weighted by Crippen LogP contribution is 2.65. The maximum Gasteiger partial charge on any atom is 0.341 e. The number of anilines is 2. The molecule has 0 radical (unpaired) electrons. The minimum Gasteiger partial charge on any atom is -0.444 e. The van der Waals surface area contributed by atoms with Crippen molar-refractivity contribution in [1.29, 1.82) is 0 Å². The number of ether oxygens (including phenoxy) is 1. The Morgan fingerprint density at radius 3 is 2.31 bits per heavy atom. The lowest BCUT2D eigenvalue weighted by molar-refractivity contribution is -0.149. The number of alkyl halides is 5. The van der Waals surface area contributed by atoms with Gasteiger partial charge in [0.1, 0.15) is 4.87 Å². The van der Waals surface area contributed by atoms with Crippen molar-refractivity contribution in [3.8, 4) is 12.3 Å². The number of terminal acetylenes is 1. The van der Waals surface area contributed by atoms with E-state index in [9.17, 15) is 18.4 Å². The zero-order valence-electron chi connectivity index (χ0n) is 19.2. The smallest absolute Gasteiger partial charge is 0.341 e. The highest BCUT2D eigenvalue weighted by atomic mass is 35.5. The van der Waals surface area contributed by atoms with Gasteiger partial charge < -0.3 is 4.74 Å². The highest BCUT2D eigenvalue weighted by Gasteiger charge is 2.70. The maximum atomic E-state index is 13.8. The monoisotopic (exact) mass is 541 g/mol. The average Bonchev–Trinajstić information content (AvgIpc) is 3.39. The quantitative estimate of drug-likeness (QED) is 0.150. The molecule has 4 nitrogen and oxygen atoms in total. The summed E-state index contributed by atoms with van der Waals surface area (Å²) in [6, 6.07) is 15.7. The van der Waals surface area contributed by atoms with Gasteiger partial charge in [-0.2, -0.15) is 8.78 Å². The van der Waals surface area contributed by atoms with E-state index in [0.29, 0.717) is 23.3 Å². The van der Waals surface area contributed by atoms with Crippen molar-refractivity contribution in [2.45, 2.75) is 42.5 Å². The Hall–Kier alpha value is -2.33. The number of nitrogens with zero attached hydrogens (tertiary/aromatic N) is 1. The molecule has 0 bridgehead atoms. The summed E-state index contributed by atoms with van der Waals surface area (Å²) in [4.78, 5) is 23.9. The molecule has 3 rings (SSSR count). The molecule has 1 aliphatic rings. The zero-order valence-corrected chi connectivity index (χ0v) is 21.5. The minimum atomic E-state index is -3.79. The third kappa shape index (κ3) is 5.28. The number of halogens is 5. The average molecular weight is 543 g/mol. The second-order valence-corrected chi connectivity index (χ2v) is 10.9. The van der Waals surface area contributed by atoms with Gasteiger partial charge in [-0.25, -0.2) is 0 Å². The van der Waals surface area contributed by atoms with Crippen LogP contribution in [0, 0.1) is 29.6 Å². The first-order chi connectivity index (χ1) is 16.3. The summed E-state index contributed by atoms with van der Waals surface area (Å²) in [5, 5.41) is -5.11. The fraction of sp³-hybridized carbons (Fsp3) is 0.385. The predicted molar refractivity (Wildman–Crippen MR) is 134 cm³/mol. The summed E-state index contributed by atoms with van der Waals surface area (Å²) < 4.78 is 33.3. The Kier molecular flexibility index (Phi) is 7.76. The Morgan fingerprint density at radius 2 is 1.77 bits per heavy atom. The topological polar surface area (TPSA) is 46.6 Å². The molecule has 186 valence electrons. The summed E-state index contributed by atoms with van der Waals surface area (Å²) in [5.41, 5.74) is 0.871. The minimum absolute atomic E-state index is 0.466. The van der Waals surface area contributed by atoms with Crippen molar-refractivity contribution in [3.63, 3.8) is 0 Å². The Bertz CT molecular complexity index is 1130. The number of hydrogen-bond acceptors (Lipinski definition) is 3. The molecule has 35 heavy (non-hydrogen) atoms. The number of carbonyl (C=O) groups excluding carboxylic acids is 2. The Balaban J connectivity index is 1.80. The molecule has 0 saturated heterocycles. The summed E-state index contributed by atoms with van der Waals surface area (Å²) in [5.74, 6) is 0.231. The summed E-state index contributed by atoms with van der Waals surface area (Å²) >= 11 is 17.5. The first-order valence-electron chi connectivity index (χ1n) is 10.7. The third-order valence-corrected chi connectivity index (χ3v) is 8.31. The van der Waals surface area contributed by atoms with Crippen LogP contribution in [0.4, 0.5) is 20.2 Å². The lowest BCUT2D eigenvalue weighted by Gasteiger charge is -2.32. The number of esters is 1. The summed E-state index contributed by atoms with van der Waals surface area (Å²) in [6.07, 6.45) is 5.25.